The monoisotopic (exact) mass is 379 g/mol. The van der Waals surface area contributed by atoms with Gasteiger partial charge in [0.2, 0.25) is 0 Å². The van der Waals surface area contributed by atoms with Crippen LogP contribution in [0.1, 0.15) is 51.2 Å². The number of fused-ring (bicyclic) bond motifs is 1. The predicted octanol–water partition coefficient (Wildman–Crippen LogP) is 4.41. The van der Waals surface area contributed by atoms with Gasteiger partial charge in [-0.25, -0.2) is 9.78 Å². The quantitative estimate of drug-likeness (QED) is 0.620. The Bertz CT molecular complexity index is 1090. The molecule has 1 aliphatic carbocycles. The Morgan fingerprint density at radius 1 is 1.07 bits per heavy atom. The second-order valence-electron chi connectivity index (χ2n) is 7.23. The van der Waals surface area contributed by atoms with E-state index in [4.69, 9.17) is 0 Å². The van der Waals surface area contributed by atoms with Crippen molar-refractivity contribution in [2.75, 3.05) is 0 Å². The maximum Gasteiger partial charge on any atom is 0.340 e. The molecule has 28 heavy (non-hydrogen) atoms. The number of aromatic hydroxyl groups is 1. The van der Waals surface area contributed by atoms with Gasteiger partial charge in [0.25, 0.3) is 0 Å². The Labute approximate surface area is 160 Å². The number of nitrogens with zero attached hydrogens (tertiary/aromatic N) is 1. The van der Waals surface area contributed by atoms with Gasteiger partial charge in [-0.2, -0.15) is 4.39 Å². The molecule has 1 aliphatic rings. The smallest absolute Gasteiger partial charge is 0.340 e. The number of para-hydroxylation sites is 1. The van der Waals surface area contributed by atoms with Crippen molar-refractivity contribution < 1.29 is 24.2 Å². The lowest BCUT2D eigenvalue weighted by atomic mass is 9.90. The fraction of sp³-hybridized carbons (Fsp3) is 0.227. The van der Waals surface area contributed by atoms with E-state index in [1.165, 1.54) is 18.2 Å². The summed E-state index contributed by atoms with van der Waals surface area (Å²) in [4.78, 5) is 27.6. The van der Waals surface area contributed by atoms with E-state index in [0.717, 1.165) is 24.8 Å². The average Bonchev–Trinajstić information content (AvgIpc) is 3.46. The lowest BCUT2D eigenvalue weighted by molar-refractivity contribution is 0.0694. The van der Waals surface area contributed by atoms with Crippen LogP contribution in [0.2, 0.25) is 0 Å². The van der Waals surface area contributed by atoms with Gasteiger partial charge in [0.15, 0.2) is 5.75 Å². The largest absolute Gasteiger partial charge is 0.505 e. The maximum absolute atomic E-state index is 13.5. The van der Waals surface area contributed by atoms with Gasteiger partial charge >= 0.3 is 12.0 Å². The van der Waals surface area contributed by atoms with Crippen LogP contribution in [-0.4, -0.2) is 27.2 Å². The van der Waals surface area contributed by atoms with Crippen LogP contribution < -0.4 is 0 Å². The van der Waals surface area contributed by atoms with Gasteiger partial charge in [-0.1, -0.05) is 42.5 Å². The molecule has 2 N–H and O–H groups in total. The molecule has 1 fully saturated rings. The molecule has 0 aliphatic heterocycles. The van der Waals surface area contributed by atoms with Crippen LogP contribution in [0.25, 0.3) is 10.9 Å². The topological polar surface area (TPSA) is 87.5 Å². The number of carbonyl (C=O) groups is 2. The average molecular weight is 379 g/mol. The Kier molecular flexibility index (Phi) is 4.34. The molecule has 0 radical (unpaired) electrons. The Balaban J connectivity index is 1.84. The summed E-state index contributed by atoms with van der Waals surface area (Å²) in [6.45, 7) is 0. The summed E-state index contributed by atoms with van der Waals surface area (Å²) in [6, 6.07) is 12.2. The van der Waals surface area contributed by atoms with Gasteiger partial charge in [0, 0.05) is 10.8 Å². The summed E-state index contributed by atoms with van der Waals surface area (Å²) in [6.07, 6.45) is 2.91. The molecule has 3 aromatic rings. The van der Waals surface area contributed by atoms with Gasteiger partial charge in [-0.05, 0) is 37.3 Å². The number of halogens is 1. The van der Waals surface area contributed by atoms with Crippen molar-refractivity contribution in [1.82, 2.24) is 4.98 Å². The highest BCUT2D eigenvalue weighted by atomic mass is 19.1. The minimum atomic E-state index is -1.68. The highest BCUT2D eigenvalue weighted by Crippen LogP contribution is 2.54. The Hall–Kier alpha value is -3.28. The van der Waals surface area contributed by atoms with Crippen LogP contribution >= 0.6 is 0 Å². The standard InChI is InChI=1S/C22H18FNO4/c23-20(26)15-8-4-7-14-16(21(27)28)18(25)19(24-17(14)15)22(11-12-22)10-9-13-5-2-1-3-6-13/h1-8,25H,9-12H2,(H,27,28). The third-order valence-corrected chi connectivity index (χ3v) is 5.51. The van der Waals surface area contributed by atoms with E-state index in [2.05, 4.69) is 4.98 Å². The van der Waals surface area contributed by atoms with Crippen molar-refractivity contribution in [3.8, 4) is 5.75 Å². The van der Waals surface area contributed by atoms with Crippen molar-refractivity contribution in [3.05, 3.63) is 70.9 Å². The first kappa shape index (κ1) is 18.1. The first-order chi connectivity index (χ1) is 13.4. The molecule has 0 unspecified atom stereocenters. The highest BCUT2D eigenvalue weighted by molar-refractivity contribution is 6.10. The molecule has 0 atom stereocenters. The second-order valence-corrected chi connectivity index (χ2v) is 7.23. The lowest BCUT2D eigenvalue weighted by Crippen LogP contribution is -2.14. The number of carboxylic acids is 1. The van der Waals surface area contributed by atoms with Crippen LogP contribution in [0.3, 0.4) is 0 Å². The van der Waals surface area contributed by atoms with Crippen LogP contribution in [0, 0.1) is 0 Å². The zero-order chi connectivity index (χ0) is 19.9. The molecule has 2 aromatic carbocycles. The number of hydrogen-bond acceptors (Lipinski definition) is 4. The van der Waals surface area contributed by atoms with Crippen LogP contribution in [0.5, 0.6) is 5.75 Å². The molecule has 0 saturated heterocycles. The molecule has 1 heterocycles. The summed E-state index contributed by atoms with van der Waals surface area (Å²) in [5.74, 6) is -1.73. The molecule has 1 aromatic heterocycles. The van der Waals surface area contributed by atoms with E-state index in [0.29, 0.717) is 6.42 Å². The number of carbonyl (C=O) groups excluding carboxylic acids is 1. The zero-order valence-electron chi connectivity index (χ0n) is 15.0. The van der Waals surface area contributed by atoms with Crippen molar-refractivity contribution in [1.29, 1.82) is 0 Å². The van der Waals surface area contributed by atoms with Crippen molar-refractivity contribution in [3.63, 3.8) is 0 Å². The number of carboxylic acid groups (broad SMARTS) is 1. The molecule has 0 bridgehead atoms. The molecule has 5 nitrogen and oxygen atoms in total. The Morgan fingerprint density at radius 2 is 1.79 bits per heavy atom. The molecule has 0 amide bonds. The number of benzene rings is 2. The minimum Gasteiger partial charge on any atom is -0.505 e. The van der Waals surface area contributed by atoms with Crippen molar-refractivity contribution in [2.24, 2.45) is 0 Å². The second kappa shape index (κ2) is 6.71. The lowest BCUT2D eigenvalue weighted by Gasteiger charge is -2.19. The summed E-state index contributed by atoms with van der Waals surface area (Å²) in [5, 5.41) is 20.4. The van der Waals surface area contributed by atoms with Crippen LogP contribution in [-0.2, 0) is 11.8 Å². The number of rotatable bonds is 6. The number of hydrogen-bond donors (Lipinski definition) is 2. The van der Waals surface area contributed by atoms with Crippen molar-refractivity contribution >= 4 is 22.9 Å². The maximum atomic E-state index is 13.5. The van der Waals surface area contributed by atoms with Gasteiger partial charge in [0.05, 0.1) is 16.8 Å². The predicted molar refractivity (Wildman–Crippen MR) is 101 cm³/mol. The highest BCUT2D eigenvalue weighted by Gasteiger charge is 2.48. The number of aryl methyl sites for hydroxylation is 1. The summed E-state index contributed by atoms with van der Waals surface area (Å²) in [7, 11) is 0. The van der Waals surface area contributed by atoms with Gasteiger partial charge in [0.1, 0.15) is 5.56 Å². The fourth-order valence-electron chi connectivity index (χ4n) is 3.81. The summed E-state index contributed by atoms with van der Waals surface area (Å²) < 4.78 is 13.5. The van der Waals surface area contributed by atoms with Gasteiger partial charge < -0.3 is 10.2 Å². The number of pyridine rings is 1. The van der Waals surface area contributed by atoms with Gasteiger partial charge in [-0.3, -0.25) is 4.79 Å². The Morgan fingerprint density at radius 3 is 2.39 bits per heavy atom. The van der Waals surface area contributed by atoms with Crippen LogP contribution in [0.4, 0.5) is 4.39 Å². The number of aromatic carboxylic acids is 1. The normalized spacial score (nSPS) is 14.8. The molecule has 142 valence electrons. The third kappa shape index (κ3) is 3.01. The molecule has 4 rings (SSSR count). The summed E-state index contributed by atoms with van der Waals surface area (Å²) >= 11 is 0. The van der Waals surface area contributed by atoms with E-state index in [9.17, 15) is 24.2 Å². The van der Waals surface area contributed by atoms with Gasteiger partial charge in [-0.15, -0.1) is 0 Å². The van der Waals surface area contributed by atoms with Crippen molar-refractivity contribution in [2.45, 2.75) is 31.1 Å². The molecule has 1 saturated carbocycles. The number of aromatic nitrogens is 1. The van der Waals surface area contributed by atoms with E-state index in [1.54, 1.807) is 0 Å². The SMILES string of the molecule is O=C(O)c1c(O)c(C2(CCc3ccccc3)CC2)nc2c(C(=O)F)cccc12. The first-order valence-corrected chi connectivity index (χ1v) is 9.06. The van der Waals surface area contributed by atoms with E-state index in [-0.39, 0.29) is 27.7 Å². The molecule has 6 heteroatoms. The minimum absolute atomic E-state index is 0.0220. The fourth-order valence-corrected chi connectivity index (χ4v) is 3.81. The first-order valence-electron chi connectivity index (χ1n) is 9.06. The van der Waals surface area contributed by atoms with E-state index in [1.807, 2.05) is 30.3 Å². The molecule has 0 spiro atoms. The van der Waals surface area contributed by atoms with Crippen LogP contribution in [0.15, 0.2) is 48.5 Å². The third-order valence-electron chi connectivity index (χ3n) is 5.51. The summed E-state index contributed by atoms with van der Waals surface area (Å²) in [5.41, 5.74) is 0.250. The zero-order valence-corrected chi connectivity index (χ0v) is 15.0. The molecular weight excluding hydrogens is 361 g/mol. The molecular formula is C22H18FNO4. The van der Waals surface area contributed by atoms with E-state index >= 15 is 0 Å². The van der Waals surface area contributed by atoms with E-state index < -0.39 is 23.2 Å².